The van der Waals surface area contributed by atoms with Crippen molar-refractivity contribution in [2.45, 2.75) is 38.5 Å². The lowest BCUT2D eigenvalue weighted by Gasteiger charge is -2.35. The van der Waals surface area contributed by atoms with E-state index in [0.29, 0.717) is 16.1 Å². The molecule has 1 heterocycles. The van der Waals surface area contributed by atoms with Crippen molar-refractivity contribution in [1.29, 1.82) is 0 Å². The lowest BCUT2D eigenvalue weighted by molar-refractivity contribution is 0.146. The van der Waals surface area contributed by atoms with Crippen molar-refractivity contribution in [2.24, 2.45) is 0 Å². The van der Waals surface area contributed by atoms with Crippen molar-refractivity contribution in [1.82, 2.24) is 15.1 Å². The first kappa shape index (κ1) is 19.3. The predicted octanol–water partition coefficient (Wildman–Crippen LogP) is 4.26. The summed E-state index contributed by atoms with van der Waals surface area (Å²) in [5, 5.41) is 3.45. The predicted molar refractivity (Wildman–Crippen MR) is 96.5 cm³/mol. The second-order valence-electron chi connectivity index (χ2n) is 6.39. The van der Waals surface area contributed by atoms with E-state index in [2.05, 4.69) is 17.3 Å². The van der Waals surface area contributed by atoms with Crippen LogP contribution < -0.4 is 5.32 Å². The van der Waals surface area contributed by atoms with Gasteiger partial charge in [-0.15, -0.1) is 0 Å². The van der Waals surface area contributed by atoms with Gasteiger partial charge in [0.2, 0.25) is 0 Å². The molecule has 24 heavy (non-hydrogen) atoms. The van der Waals surface area contributed by atoms with E-state index in [-0.39, 0.29) is 23.1 Å². The smallest absolute Gasteiger partial charge is 0.317 e. The minimum absolute atomic E-state index is 0.140. The van der Waals surface area contributed by atoms with Gasteiger partial charge in [-0.25, -0.2) is 9.18 Å². The largest absolute Gasteiger partial charge is 0.331 e. The van der Waals surface area contributed by atoms with E-state index in [0.717, 1.165) is 25.9 Å². The molecule has 134 valence electrons. The molecule has 1 aromatic rings. The fraction of sp³-hybridized carbons (Fsp3) is 0.588. The van der Waals surface area contributed by atoms with Crippen LogP contribution in [-0.2, 0) is 6.67 Å². The molecule has 2 amide bonds. The Morgan fingerprint density at radius 1 is 1.38 bits per heavy atom. The lowest BCUT2D eigenvalue weighted by Crippen LogP contribution is -2.48. The van der Waals surface area contributed by atoms with Crippen LogP contribution in [0.15, 0.2) is 12.1 Å². The summed E-state index contributed by atoms with van der Waals surface area (Å²) in [4.78, 5) is 16.5. The van der Waals surface area contributed by atoms with Gasteiger partial charge in [-0.3, -0.25) is 0 Å². The van der Waals surface area contributed by atoms with Crippen molar-refractivity contribution in [3.8, 4) is 0 Å². The van der Waals surface area contributed by atoms with Crippen LogP contribution in [0.4, 0.5) is 9.18 Å². The molecule has 0 aromatic heterocycles. The minimum Gasteiger partial charge on any atom is -0.331 e. The van der Waals surface area contributed by atoms with Crippen LogP contribution in [0, 0.1) is 0 Å². The molecule has 2 rings (SSSR count). The van der Waals surface area contributed by atoms with Crippen molar-refractivity contribution >= 4 is 29.2 Å². The molecule has 1 N–H and O–H groups in total. The maximum atomic E-state index is 12.8. The molecule has 7 heteroatoms. The van der Waals surface area contributed by atoms with E-state index in [1.54, 1.807) is 17.0 Å². The highest BCUT2D eigenvalue weighted by molar-refractivity contribution is 6.43. The molecule has 1 aliphatic heterocycles. The van der Waals surface area contributed by atoms with Gasteiger partial charge < -0.3 is 15.1 Å². The summed E-state index contributed by atoms with van der Waals surface area (Å²) in [6, 6.07) is 3.10. The summed E-state index contributed by atoms with van der Waals surface area (Å²) < 4.78 is 12.8. The average Bonchev–Trinajstić information content (AvgIpc) is 2.57. The van der Waals surface area contributed by atoms with Gasteiger partial charge >= 0.3 is 6.03 Å². The standard InChI is InChI=1S/C17H24Cl2FN3O/c1-11(14-5-4-12(10-20)15(18)16(14)19)21-17(24)23(3)13-6-8-22(2)9-7-13/h4-5,11,13H,6-10H2,1-3H3,(H,21,24). The molecule has 1 aromatic carbocycles. The van der Waals surface area contributed by atoms with E-state index < -0.39 is 6.67 Å². The summed E-state index contributed by atoms with van der Waals surface area (Å²) in [6.45, 7) is 3.15. The third-order valence-corrected chi connectivity index (χ3v) is 5.63. The van der Waals surface area contributed by atoms with E-state index in [1.165, 1.54) is 0 Å². The number of rotatable bonds is 4. The van der Waals surface area contributed by atoms with Crippen LogP contribution in [0.1, 0.15) is 36.9 Å². The molecule has 1 fully saturated rings. The van der Waals surface area contributed by atoms with Crippen LogP contribution in [-0.4, -0.2) is 49.1 Å². The first-order chi connectivity index (χ1) is 11.3. The highest BCUT2D eigenvalue weighted by Gasteiger charge is 2.25. The molecule has 4 nitrogen and oxygen atoms in total. The van der Waals surface area contributed by atoms with Gasteiger partial charge in [-0.1, -0.05) is 35.3 Å². The van der Waals surface area contributed by atoms with Crippen LogP contribution >= 0.6 is 23.2 Å². The number of hydrogen-bond acceptors (Lipinski definition) is 2. The third kappa shape index (κ3) is 4.32. The van der Waals surface area contributed by atoms with Crippen molar-refractivity contribution in [3.05, 3.63) is 33.3 Å². The number of likely N-dealkylation sites (tertiary alicyclic amines) is 1. The Balaban J connectivity index is 2.02. The molecule has 0 saturated carbocycles. The van der Waals surface area contributed by atoms with E-state index in [9.17, 15) is 9.18 Å². The average molecular weight is 376 g/mol. The van der Waals surface area contributed by atoms with Gasteiger partial charge in [0.1, 0.15) is 6.67 Å². The van der Waals surface area contributed by atoms with Crippen molar-refractivity contribution in [3.63, 3.8) is 0 Å². The molecular weight excluding hydrogens is 352 g/mol. The fourth-order valence-electron chi connectivity index (χ4n) is 2.95. The molecule has 1 atom stereocenters. The number of nitrogens with one attached hydrogen (secondary N) is 1. The van der Waals surface area contributed by atoms with Gasteiger partial charge in [0.15, 0.2) is 0 Å². The molecule has 0 spiro atoms. The fourth-order valence-corrected chi connectivity index (χ4v) is 3.53. The zero-order valence-electron chi connectivity index (χ0n) is 14.3. The van der Waals surface area contributed by atoms with Gasteiger partial charge in [0.25, 0.3) is 0 Å². The number of benzene rings is 1. The van der Waals surface area contributed by atoms with Crippen LogP contribution in [0.2, 0.25) is 10.0 Å². The number of amides is 2. The number of carbonyl (C=O) groups excluding carboxylic acids is 1. The van der Waals surface area contributed by atoms with Crippen LogP contribution in [0.3, 0.4) is 0 Å². The zero-order chi connectivity index (χ0) is 17.9. The molecule has 1 saturated heterocycles. The first-order valence-corrected chi connectivity index (χ1v) is 8.85. The summed E-state index contributed by atoms with van der Waals surface area (Å²) in [7, 11) is 3.91. The topological polar surface area (TPSA) is 35.6 Å². The van der Waals surface area contributed by atoms with E-state index in [4.69, 9.17) is 23.2 Å². The van der Waals surface area contributed by atoms with E-state index in [1.807, 2.05) is 14.0 Å². The minimum atomic E-state index is -0.668. The molecule has 1 aliphatic rings. The number of nitrogens with zero attached hydrogens (tertiary/aromatic N) is 2. The Kier molecular flexibility index (Phi) is 6.72. The second kappa shape index (κ2) is 8.37. The maximum absolute atomic E-state index is 12.8. The third-order valence-electron chi connectivity index (χ3n) is 4.70. The van der Waals surface area contributed by atoms with Crippen molar-refractivity contribution in [2.75, 3.05) is 27.2 Å². The molecule has 0 radical (unpaired) electrons. The zero-order valence-corrected chi connectivity index (χ0v) is 15.8. The second-order valence-corrected chi connectivity index (χ2v) is 7.15. The lowest BCUT2D eigenvalue weighted by atomic mass is 10.0. The maximum Gasteiger partial charge on any atom is 0.317 e. The van der Waals surface area contributed by atoms with Gasteiger partial charge in [0.05, 0.1) is 16.1 Å². The Bertz CT molecular complexity index is 591. The SMILES string of the molecule is CC(NC(=O)N(C)C1CCN(C)CC1)c1ccc(CF)c(Cl)c1Cl. The number of alkyl halides is 1. The highest BCUT2D eigenvalue weighted by Crippen LogP contribution is 2.33. The molecular formula is C17H24Cl2FN3O. The number of halogens is 3. The number of carbonyl (C=O) groups is 1. The van der Waals surface area contributed by atoms with Gasteiger partial charge in [-0.05, 0) is 45.5 Å². The van der Waals surface area contributed by atoms with Crippen LogP contribution in [0.5, 0.6) is 0 Å². The Hall–Kier alpha value is -1.04. The van der Waals surface area contributed by atoms with Gasteiger partial charge in [0, 0.05) is 18.7 Å². The molecule has 0 bridgehead atoms. The quantitative estimate of drug-likeness (QED) is 0.852. The Labute approximate surface area is 152 Å². The number of hydrogen-bond donors (Lipinski definition) is 1. The Morgan fingerprint density at radius 2 is 2.00 bits per heavy atom. The summed E-state index contributed by atoms with van der Waals surface area (Å²) in [6.07, 6.45) is 1.93. The van der Waals surface area contributed by atoms with Crippen molar-refractivity contribution < 1.29 is 9.18 Å². The monoisotopic (exact) mass is 375 g/mol. The summed E-state index contributed by atoms with van der Waals surface area (Å²) >= 11 is 12.3. The normalized spacial score (nSPS) is 17.6. The van der Waals surface area contributed by atoms with Crippen LogP contribution in [0.25, 0.3) is 0 Å². The van der Waals surface area contributed by atoms with E-state index >= 15 is 0 Å². The molecule has 1 unspecified atom stereocenters. The number of piperidine rings is 1. The summed E-state index contributed by atoms with van der Waals surface area (Å²) in [5.74, 6) is 0. The number of urea groups is 1. The Morgan fingerprint density at radius 3 is 2.58 bits per heavy atom. The van der Waals surface area contributed by atoms with Gasteiger partial charge in [-0.2, -0.15) is 0 Å². The molecule has 0 aliphatic carbocycles. The first-order valence-electron chi connectivity index (χ1n) is 8.09. The summed E-state index contributed by atoms with van der Waals surface area (Å²) in [5.41, 5.74) is 1.04. The highest BCUT2D eigenvalue weighted by atomic mass is 35.5.